The van der Waals surface area contributed by atoms with Gasteiger partial charge in [0.1, 0.15) is 0 Å². The zero-order valence-corrected chi connectivity index (χ0v) is 28.8. The van der Waals surface area contributed by atoms with E-state index in [1.807, 2.05) is 0 Å². The fourth-order valence-electron chi connectivity index (χ4n) is 6.81. The van der Waals surface area contributed by atoms with E-state index in [0.29, 0.717) is 11.5 Å². The third kappa shape index (κ3) is 24.4. The van der Waals surface area contributed by atoms with Gasteiger partial charge in [-0.2, -0.15) is 0 Å². The van der Waals surface area contributed by atoms with Crippen LogP contribution in [0.1, 0.15) is 200 Å². The monoisotopic (exact) mass is 582 g/mol. The first-order valence-corrected chi connectivity index (χ1v) is 19.1. The van der Waals surface area contributed by atoms with Gasteiger partial charge >= 0.3 is 0 Å². The molecule has 0 aromatic carbocycles. The van der Waals surface area contributed by atoms with Gasteiger partial charge in [-0.1, -0.05) is 152 Å². The number of hydrogen-bond acceptors (Lipinski definition) is 1. The molecule has 1 fully saturated rings. The molecule has 0 aromatic rings. The maximum absolute atomic E-state index is 6.41. The smallest absolute Gasteiger partial charge is 0.00443 e. The molecule has 1 unspecified atom stereocenters. The molecule has 1 aliphatic rings. The third-order valence-electron chi connectivity index (χ3n) is 9.56. The molecular weight excluding hydrogens is 506 g/mol. The Morgan fingerprint density at radius 1 is 0.476 bits per heavy atom. The van der Waals surface area contributed by atoms with Gasteiger partial charge in [-0.15, -0.1) is 0 Å². The fourth-order valence-corrected chi connectivity index (χ4v) is 6.81. The van der Waals surface area contributed by atoms with E-state index in [1.165, 1.54) is 173 Å². The van der Waals surface area contributed by atoms with Crippen LogP contribution in [0.2, 0.25) is 0 Å². The summed E-state index contributed by atoms with van der Waals surface area (Å²) in [5.41, 5.74) is 7.00. The van der Waals surface area contributed by atoms with Crippen LogP contribution < -0.4 is 5.73 Å². The van der Waals surface area contributed by atoms with E-state index in [2.05, 4.69) is 62.5 Å². The Labute approximate surface area is 265 Å². The summed E-state index contributed by atoms with van der Waals surface area (Å²) in [5.74, 6) is 0. The molecule has 1 rings (SSSR count). The summed E-state index contributed by atoms with van der Waals surface area (Å²) < 4.78 is 0. The second-order valence-electron chi connectivity index (χ2n) is 13.7. The van der Waals surface area contributed by atoms with E-state index in [9.17, 15) is 0 Å². The Balaban J connectivity index is 1.99. The summed E-state index contributed by atoms with van der Waals surface area (Å²) in [6.45, 7) is 4.55. The summed E-state index contributed by atoms with van der Waals surface area (Å²) in [4.78, 5) is 0. The summed E-state index contributed by atoms with van der Waals surface area (Å²) >= 11 is 0. The molecule has 0 aromatic heterocycles. The van der Waals surface area contributed by atoms with Crippen LogP contribution in [0.25, 0.3) is 0 Å². The normalized spacial score (nSPS) is 17.3. The Morgan fingerprint density at radius 2 is 0.833 bits per heavy atom. The highest BCUT2D eigenvalue weighted by Gasteiger charge is 2.36. The molecule has 1 aliphatic carbocycles. The van der Waals surface area contributed by atoms with Crippen molar-refractivity contribution in [3.63, 3.8) is 0 Å². The summed E-state index contributed by atoms with van der Waals surface area (Å²) in [5, 5.41) is 0. The van der Waals surface area contributed by atoms with Crippen LogP contribution in [0.4, 0.5) is 0 Å². The van der Waals surface area contributed by atoms with E-state index in [4.69, 9.17) is 5.73 Å². The maximum Gasteiger partial charge on any atom is 0.00443 e. The number of rotatable bonds is 30. The molecule has 1 atom stereocenters. The molecule has 1 nitrogen and oxygen atoms in total. The van der Waals surface area contributed by atoms with E-state index in [0.717, 1.165) is 12.8 Å². The van der Waals surface area contributed by atoms with Gasteiger partial charge in [0.2, 0.25) is 0 Å². The van der Waals surface area contributed by atoms with Gasteiger partial charge < -0.3 is 5.73 Å². The Morgan fingerprint density at radius 3 is 1.19 bits per heavy atom. The van der Waals surface area contributed by atoms with Crippen LogP contribution in [0.5, 0.6) is 0 Å². The highest BCUT2D eigenvalue weighted by atomic mass is 14.7. The highest BCUT2D eigenvalue weighted by molar-refractivity contribution is 4.94. The molecular formula is C41H75N. The molecule has 0 saturated heterocycles. The second-order valence-corrected chi connectivity index (χ2v) is 13.7. The Kier molecular flexibility index (Phi) is 27.8. The molecule has 42 heavy (non-hydrogen) atoms. The standard InChI is InChI=1S/C41H75N/c1-3-5-7-9-11-13-15-17-19-21-23-25-27-29-31-33-36-41(38-35-40(42)39-41)37-34-32-30-28-26-24-22-20-18-16-14-12-10-8-6-4-2/h11-14,17-20,40H,3-10,15-16,21-39,42H2,1-2H3/b13-11-,14-12-,19-17-,20-18-. The number of hydrogen-bond donors (Lipinski definition) is 1. The van der Waals surface area contributed by atoms with E-state index in [-0.39, 0.29) is 0 Å². The van der Waals surface area contributed by atoms with Gasteiger partial charge in [0.05, 0.1) is 0 Å². The Hall–Kier alpha value is -1.08. The minimum Gasteiger partial charge on any atom is -0.328 e. The largest absolute Gasteiger partial charge is 0.328 e. The molecule has 0 spiro atoms. The van der Waals surface area contributed by atoms with Gasteiger partial charge in [-0.05, 0) is 102 Å². The first-order chi connectivity index (χ1) is 20.7. The lowest BCUT2D eigenvalue weighted by Crippen LogP contribution is -2.22. The summed E-state index contributed by atoms with van der Waals surface area (Å²) in [6, 6.07) is 0.471. The molecule has 0 aliphatic heterocycles. The highest BCUT2D eigenvalue weighted by Crippen LogP contribution is 2.46. The van der Waals surface area contributed by atoms with Crippen molar-refractivity contribution in [2.75, 3.05) is 0 Å². The molecule has 0 amide bonds. The average Bonchev–Trinajstić information content (AvgIpc) is 3.37. The van der Waals surface area contributed by atoms with Crippen molar-refractivity contribution in [3.05, 3.63) is 48.6 Å². The van der Waals surface area contributed by atoms with E-state index >= 15 is 0 Å². The zero-order valence-electron chi connectivity index (χ0n) is 28.8. The predicted octanol–water partition coefficient (Wildman–Crippen LogP) is 13.9. The molecule has 0 radical (unpaired) electrons. The fraction of sp³-hybridized carbons (Fsp3) is 0.805. The van der Waals surface area contributed by atoms with Gasteiger partial charge in [-0.25, -0.2) is 0 Å². The lowest BCUT2D eigenvalue weighted by atomic mass is 9.76. The minimum atomic E-state index is 0.471. The lowest BCUT2D eigenvalue weighted by Gasteiger charge is -2.29. The van der Waals surface area contributed by atoms with Crippen molar-refractivity contribution in [1.82, 2.24) is 0 Å². The zero-order chi connectivity index (χ0) is 30.2. The van der Waals surface area contributed by atoms with Crippen molar-refractivity contribution in [2.45, 2.75) is 206 Å². The quantitative estimate of drug-likeness (QED) is 0.0662. The van der Waals surface area contributed by atoms with Crippen LogP contribution in [0.15, 0.2) is 48.6 Å². The topological polar surface area (TPSA) is 26.0 Å². The van der Waals surface area contributed by atoms with Crippen LogP contribution in [-0.2, 0) is 0 Å². The van der Waals surface area contributed by atoms with E-state index < -0.39 is 0 Å². The van der Waals surface area contributed by atoms with Gasteiger partial charge in [-0.3, -0.25) is 0 Å². The Bertz CT molecular complexity index is 620. The maximum atomic E-state index is 6.41. The van der Waals surface area contributed by atoms with Crippen LogP contribution in [0.3, 0.4) is 0 Å². The second kappa shape index (κ2) is 30.0. The van der Waals surface area contributed by atoms with Gasteiger partial charge in [0.25, 0.3) is 0 Å². The molecule has 1 heteroatoms. The number of unbranched alkanes of at least 4 members (excludes halogenated alkanes) is 18. The van der Waals surface area contributed by atoms with Gasteiger partial charge in [0.15, 0.2) is 0 Å². The van der Waals surface area contributed by atoms with E-state index in [1.54, 1.807) is 0 Å². The molecule has 2 N–H and O–H groups in total. The van der Waals surface area contributed by atoms with Crippen molar-refractivity contribution in [1.29, 1.82) is 0 Å². The SMILES string of the molecule is CCCCC/C=C\C/C=C\CCCCCCCCC1(CCCCCCCC/C=C\C/C=C\CCCCC)CCC(N)C1. The lowest BCUT2D eigenvalue weighted by molar-refractivity contribution is 0.226. The summed E-state index contributed by atoms with van der Waals surface area (Å²) in [6.07, 6.45) is 58.1. The first-order valence-electron chi connectivity index (χ1n) is 19.1. The predicted molar refractivity (Wildman–Crippen MR) is 192 cm³/mol. The van der Waals surface area contributed by atoms with Crippen molar-refractivity contribution in [2.24, 2.45) is 11.1 Å². The molecule has 0 heterocycles. The number of nitrogens with two attached hydrogens (primary N) is 1. The molecule has 244 valence electrons. The van der Waals surface area contributed by atoms with Crippen LogP contribution in [-0.4, -0.2) is 6.04 Å². The van der Waals surface area contributed by atoms with Crippen molar-refractivity contribution >= 4 is 0 Å². The third-order valence-corrected chi connectivity index (χ3v) is 9.56. The number of allylic oxidation sites excluding steroid dienone is 8. The minimum absolute atomic E-state index is 0.471. The molecule has 0 bridgehead atoms. The average molecular weight is 582 g/mol. The first kappa shape index (κ1) is 38.9. The van der Waals surface area contributed by atoms with Crippen LogP contribution in [0, 0.1) is 5.41 Å². The molecule has 1 saturated carbocycles. The van der Waals surface area contributed by atoms with Crippen LogP contribution >= 0.6 is 0 Å². The van der Waals surface area contributed by atoms with Crippen molar-refractivity contribution < 1.29 is 0 Å². The van der Waals surface area contributed by atoms with Crippen molar-refractivity contribution in [3.8, 4) is 0 Å². The van der Waals surface area contributed by atoms with Gasteiger partial charge in [0, 0.05) is 6.04 Å². The summed E-state index contributed by atoms with van der Waals surface area (Å²) in [7, 11) is 0.